The molecule has 2 rings (SSSR count). The number of benzene rings is 2. The molecular formula is C18H19Br2NO2. The van der Waals surface area contributed by atoms with Crippen molar-refractivity contribution in [1.82, 2.24) is 5.32 Å². The van der Waals surface area contributed by atoms with Gasteiger partial charge < -0.3 is 10.1 Å². The number of rotatable bonds is 7. The third-order valence-electron chi connectivity index (χ3n) is 3.37. The number of aryl methyl sites for hydroxylation is 1. The highest BCUT2D eigenvalue weighted by Gasteiger charge is 2.09. The molecule has 0 heterocycles. The zero-order chi connectivity index (χ0) is 16.7. The Balaban J connectivity index is 1.73. The summed E-state index contributed by atoms with van der Waals surface area (Å²) in [4.78, 5) is 12.0. The van der Waals surface area contributed by atoms with E-state index in [0.717, 1.165) is 21.8 Å². The van der Waals surface area contributed by atoms with Crippen LogP contribution in [0.15, 0.2) is 57.5 Å². The molecular weight excluding hydrogens is 422 g/mol. The fourth-order valence-electron chi connectivity index (χ4n) is 2.15. The first-order valence-corrected chi connectivity index (χ1v) is 9.04. The number of nitrogens with one attached hydrogen (secondary N) is 1. The van der Waals surface area contributed by atoms with E-state index in [4.69, 9.17) is 4.74 Å². The van der Waals surface area contributed by atoms with Gasteiger partial charge in [-0.1, -0.05) is 46.3 Å². The third-order valence-corrected chi connectivity index (χ3v) is 4.48. The Kier molecular flexibility index (Phi) is 7.12. The summed E-state index contributed by atoms with van der Waals surface area (Å²) < 4.78 is 7.31. The maximum absolute atomic E-state index is 12.0. The molecule has 2 aromatic carbocycles. The molecule has 0 spiro atoms. The van der Waals surface area contributed by atoms with Crippen LogP contribution in [0.3, 0.4) is 0 Å². The topological polar surface area (TPSA) is 38.3 Å². The Bertz CT molecular complexity index is 647. The zero-order valence-electron chi connectivity index (χ0n) is 12.9. The van der Waals surface area contributed by atoms with E-state index in [1.54, 1.807) is 0 Å². The van der Waals surface area contributed by atoms with Crippen LogP contribution >= 0.6 is 31.9 Å². The lowest BCUT2D eigenvalue weighted by Crippen LogP contribution is -2.36. The highest BCUT2D eigenvalue weighted by atomic mass is 79.9. The Morgan fingerprint density at radius 2 is 1.91 bits per heavy atom. The van der Waals surface area contributed by atoms with Crippen molar-refractivity contribution in [3.63, 3.8) is 0 Å². The molecule has 0 saturated carbocycles. The van der Waals surface area contributed by atoms with Crippen LogP contribution in [0.25, 0.3) is 0 Å². The van der Waals surface area contributed by atoms with Crippen LogP contribution in [0.5, 0.6) is 5.75 Å². The predicted octanol–water partition coefficient (Wildman–Crippen LogP) is 4.73. The van der Waals surface area contributed by atoms with Crippen LogP contribution in [0.2, 0.25) is 0 Å². The van der Waals surface area contributed by atoms with E-state index in [-0.39, 0.29) is 18.6 Å². The Morgan fingerprint density at radius 1 is 1.17 bits per heavy atom. The largest absolute Gasteiger partial charge is 0.483 e. The molecule has 1 atom stereocenters. The van der Waals surface area contributed by atoms with Crippen molar-refractivity contribution in [2.24, 2.45) is 0 Å². The lowest BCUT2D eigenvalue weighted by molar-refractivity contribution is -0.123. The minimum atomic E-state index is -0.111. The van der Waals surface area contributed by atoms with Gasteiger partial charge in [0.1, 0.15) is 5.75 Å². The van der Waals surface area contributed by atoms with Gasteiger partial charge in [0.15, 0.2) is 6.61 Å². The highest BCUT2D eigenvalue weighted by Crippen LogP contribution is 2.28. The van der Waals surface area contributed by atoms with Gasteiger partial charge in [-0.25, -0.2) is 0 Å². The molecule has 1 N–H and O–H groups in total. The molecule has 2 aromatic rings. The molecule has 0 fully saturated rings. The number of hydrogen-bond acceptors (Lipinski definition) is 2. The first-order chi connectivity index (χ1) is 11.0. The fraction of sp³-hybridized carbons (Fsp3) is 0.278. The molecule has 0 radical (unpaired) electrons. The lowest BCUT2D eigenvalue weighted by atomic mass is 10.1. The third kappa shape index (κ3) is 6.36. The van der Waals surface area contributed by atoms with Crippen molar-refractivity contribution < 1.29 is 9.53 Å². The van der Waals surface area contributed by atoms with Crippen molar-refractivity contribution >= 4 is 37.8 Å². The second-order valence-corrected chi connectivity index (χ2v) is 7.13. The van der Waals surface area contributed by atoms with E-state index >= 15 is 0 Å². The van der Waals surface area contributed by atoms with Gasteiger partial charge in [-0.3, -0.25) is 4.79 Å². The average molecular weight is 441 g/mol. The first kappa shape index (κ1) is 18.0. The minimum absolute atomic E-state index is 0.00983. The Hall–Kier alpha value is -1.33. The van der Waals surface area contributed by atoms with E-state index in [0.29, 0.717) is 5.75 Å². The second-order valence-electron chi connectivity index (χ2n) is 5.36. The molecule has 0 aromatic heterocycles. The van der Waals surface area contributed by atoms with Gasteiger partial charge in [-0.15, -0.1) is 0 Å². The molecule has 23 heavy (non-hydrogen) atoms. The zero-order valence-corrected chi connectivity index (χ0v) is 16.1. The molecule has 0 aliphatic heterocycles. The number of halogens is 2. The number of hydrogen-bond donors (Lipinski definition) is 1. The summed E-state index contributed by atoms with van der Waals surface area (Å²) in [6, 6.07) is 16.0. The van der Waals surface area contributed by atoms with Gasteiger partial charge in [0.05, 0.1) is 4.47 Å². The number of amides is 1. The molecule has 1 amide bonds. The minimum Gasteiger partial charge on any atom is -0.483 e. The van der Waals surface area contributed by atoms with Gasteiger partial charge in [0.25, 0.3) is 5.91 Å². The molecule has 5 heteroatoms. The van der Waals surface area contributed by atoms with E-state index in [1.165, 1.54) is 5.56 Å². The molecule has 0 aliphatic rings. The normalized spacial score (nSPS) is 11.8. The van der Waals surface area contributed by atoms with Crippen molar-refractivity contribution in [2.45, 2.75) is 25.8 Å². The van der Waals surface area contributed by atoms with Gasteiger partial charge >= 0.3 is 0 Å². The number of ether oxygens (including phenoxy) is 1. The van der Waals surface area contributed by atoms with Gasteiger partial charge in [0, 0.05) is 10.5 Å². The lowest BCUT2D eigenvalue weighted by Gasteiger charge is -2.15. The van der Waals surface area contributed by atoms with Crippen LogP contribution in [0.1, 0.15) is 18.9 Å². The van der Waals surface area contributed by atoms with Crippen LogP contribution < -0.4 is 10.1 Å². The molecule has 1 unspecified atom stereocenters. The Labute approximate surface area is 153 Å². The standard InChI is InChI=1S/C18H19Br2NO2/c1-13(7-8-14-5-3-2-4-6-14)21-18(22)12-23-17-10-9-15(19)11-16(17)20/h2-6,9-11,13H,7-8,12H2,1H3,(H,21,22). The summed E-state index contributed by atoms with van der Waals surface area (Å²) in [6.07, 6.45) is 1.85. The Morgan fingerprint density at radius 3 is 2.61 bits per heavy atom. The summed E-state index contributed by atoms with van der Waals surface area (Å²) in [6.45, 7) is 2.02. The van der Waals surface area contributed by atoms with Gasteiger partial charge in [-0.2, -0.15) is 0 Å². The maximum atomic E-state index is 12.0. The molecule has 3 nitrogen and oxygen atoms in total. The summed E-state index contributed by atoms with van der Waals surface area (Å²) >= 11 is 6.79. The smallest absolute Gasteiger partial charge is 0.258 e. The van der Waals surface area contributed by atoms with E-state index in [9.17, 15) is 4.79 Å². The van der Waals surface area contributed by atoms with Crippen LogP contribution in [-0.4, -0.2) is 18.6 Å². The quantitative estimate of drug-likeness (QED) is 0.675. The SMILES string of the molecule is CC(CCc1ccccc1)NC(=O)COc1ccc(Br)cc1Br. The first-order valence-electron chi connectivity index (χ1n) is 7.45. The fourth-order valence-corrected chi connectivity index (χ4v) is 3.31. The monoisotopic (exact) mass is 439 g/mol. The second kappa shape index (κ2) is 9.08. The average Bonchev–Trinajstić information content (AvgIpc) is 2.53. The van der Waals surface area contributed by atoms with Crippen LogP contribution in [-0.2, 0) is 11.2 Å². The van der Waals surface area contributed by atoms with Gasteiger partial charge in [0.2, 0.25) is 0 Å². The summed E-state index contributed by atoms with van der Waals surface area (Å²) in [7, 11) is 0. The maximum Gasteiger partial charge on any atom is 0.258 e. The number of carbonyl (C=O) groups excluding carboxylic acids is 1. The van der Waals surface area contributed by atoms with E-state index < -0.39 is 0 Å². The van der Waals surface area contributed by atoms with Crippen molar-refractivity contribution in [3.8, 4) is 5.75 Å². The molecule has 122 valence electrons. The highest BCUT2D eigenvalue weighted by molar-refractivity contribution is 9.11. The van der Waals surface area contributed by atoms with E-state index in [2.05, 4.69) is 49.3 Å². The molecule has 0 aliphatic carbocycles. The van der Waals surface area contributed by atoms with Crippen molar-refractivity contribution in [3.05, 3.63) is 63.0 Å². The summed E-state index contributed by atoms with van der Waals surface area (Å²) in [5.74, 6) is 0.542. The number of carbonyl (C=O) groups is 1. The van der Waals surface area contributed by atoms with E-state index in [1.807, 2.05) is 43.3 Å². The predicted molar refractivity (Wildman–Crippen MR) is 99.7 cm³/mol. The van der Waals surface area contributed by atoms with Crippen molar-refractivity contribution in [1.29, 1.82) is 0 Å². The summed E-state index contributed by atoms with van der Waals surface area (Å²) in [5.41, 5.74) is 1.28. The molecule has 0 saturated heterocycles. The van der Waals surface area contributed by atoms with Crippen LogP contribution in [0, 0.1) is 0 Å². The van der Waals surface area contributed by atoms with Gasteiger partial charge in [-0.05, 0) is 59.5 Å². The van der Waals surface area contributed by atoms with Crippen molar-refractivity contribution in [2.75, 3.05) is 6.61 Å². The molecule has 0 bridgehead atoms. The van der Waals surface area contributed by atoms with Crippen LogP contribution in [0.4, 0.5) is 0 Å². The summed E-state index contributed by atoms with van der Waals surface area (Å²) in [5, 5.41) is 2.96.